The highest BCUT2D eigenvalue weighted by Gasteiger charge is 2.62. The molecular weight excluding hydrogens is 260 g/mol. The van der Waals surface area contributed by atoms with Crippen molar-refractivity contribution in [3.63, 3.8) is 0 Å². The van der Waals surface area contributed by atoms with Gasteiger partial charge in [0, 0.05) is 11.5 Å². The summed E-state index contributed by atoms with van der Waals surface area (Å²) in [6.07, 6.45) is 6.06. The molecule has 0 saturated heterocycles. The average molecular weight is 288 g/mol. The van der Waals surface area contributed by atoms with E-state index < -0.39 is 0 Å². The van der Waals surface area contributed by atoms with Crippen molar-refractivity contribution in [1.82, 2.24) is 10.3 Å². The van der Waals surface area contributed by atoms with Crippen molar-refractivity contribution >= 4 is 0 Å². The lowest BCUT2D eigenvalue weighted by Gasteiger charge is -2.38. The van der Waals surface area contributed by atoms with Gasteiger partial charge in [-0.3, -0.25) is 4.98 Å². The Hall–Kier alpha value is -1.09. The molecule has 21 heavy (non-hydrogen) atoms. The van der Waals surface area contributed by atoms with Gasteiger partial charge in [0.05, 0.1) is 11.9 Å². The Morgan fingerprint density at radius 2 is 2.10 bits per heavy atom. The van der Waals surface area contributed by atoms with E-state index in [9.17, 15) is 0 Å². The molecular formula is C18H28N2O. The van der Waals surface area contributed by atoms with E-state index in [0.717, 1.165) is 17.4 Å². The molecule has 2 bridgehead atoms. The van der Waals surface area contributed by atoms with Crippen LogP contribution in [0.25, 0.3) is 0 Å². The number of fused-ring (bicyclic) bond motifs is 2. The SMILES string of the molecule is CNC(C)c1ccc(OC2CC3CCC2(C)C3(C)C)cn1. The van der Waals surface area contributed by atoms with Gasteiger partial charge in [0.1, 0.15) is 11.9 Å². The lowest BCUT2D eigenvalue weighted by molar-refractivity contribution is 0.0299. The number of nitrogens with zero attached hydrogens (tertiary/aromatic N) is 1. The first-order chi connectivity index (χ1) is 9.88. The number of pyridine rings is 1. The van der Waals surface area contributed by atoms with Crippen LogP contribution in [0.15, 0.2) is 18.3 Å². The highest BCUT2D eigenvalue weighted by atomic mass is 16.5. The average Bonchev–Trinajstić information content (AvgIpc) is 2.80. The zero-order chi connectivity index (χ0) is 15.3. The highest BCUT2D eigenvalue weighted by Crippen LogP contribution is 2.66. The number of aromatic nitrogens is 1. The molecule has 3 nitrogen and oxygen atoms in total. The molecule has 3 heteroatoms. The van der Waals surface area contributed by atoms with Crippen molar-refractivity contribution in [1.29, 1.82) is 0 Å². The van der Waals surface area contributed by atoms with Gasteiger partial charge in [-0.1, -0.05) is 20.8 Å². The van der Waals surface area contributed by atoms with Crippen molar-refractivity contribution in [2.24, 2.45) is 16.7 Å². The quantitative estimate of drug-likeness (QED) is 0.910. The third-order valence-electron chi connectivity index (χ3n) is 6.63. The van der Waals surface area contributed by atoms with Crippen molar-refractivity contribution in [3.8, 4) is 5.75 Å². The third kappa shape index (κ3) is 2.17. The lowest BCUT2D eigenvalue weighted by Crippen LogP contribution is -2.38. The zero-order valence-electron chi connectivity index (χ0n) is 13.9. The van der Waals surface area contributed by atoms with Gasteiger partial charge < -0.3 is 10.1 Å². The Bertz CT molecular complexity index is 510. The Labute approximate surface area is 128 Å². The maximum Gasteiger partial charge on any atom is 0.138 e. The summed E-state index contributed by atoms with van der Waals surface area (Å²) < 4.78 is 6.33. The molecule has 1 N–H and O–H groups in total. The fourth-order valence-corrected chi connectivity index (χ4v) is 4.34. The number of hydrogen-bond acceptors (Lipinski definition) is 3. The van der Waals surface area contributed by atoms with Crippen LogP contribution in [0.5, 0.6) is 5.75 Å². The van der Waals surface area contributed by atoms with Crippen LogP contribution >= 0.6 is 0 Å². The van der Waals surface area contributed by atoms with Crippen LogP contribution in [0, 0.1) is 16.7 Å². The monoisotopic (exact) mass is 288 g/mol. The molecule has 4 unspecified atom stereocenters. The van der Waals surface area contributed by atoms with Crippen molar-refractivity contribution < 1.29 is 4.74 Å². The molecule has 0 spiro atoms. The van der Waals surface area contributed by atoms with E-state index in [-0.39, 0.29) is 6.04 Å². The predicted molar refractivity (Wildman–Crippen MR) is 85.4 cm³/mol. The van der Waals surface area contributed by atoms with E-state index in [2.05, 4.69) is 50.1 Å². The molecule has 2 saturated carbocycles. The van der Waals surface area contributed by atoms with Gasteiger partial charge in [-0.25, -0.2) is 0 Å². The largest absolute Gasteiger partial charge is 0.488 e. The molecule has 3 rings (SSSR count). The Morgan fingerprint density at radius 1 is 1.33 bits per heavy atom. The first kappa shape index (κ1) is 14.8. The molecule has 0 amide bonds. The molecule has 0 aliphatic heterocycles. The van der Waals surface area contributed by atoms with Gasteiger partial charge >= 0.3 is 0 Å². The van der Waals surface area contributed by atoms with Gasteiger partial charge in [-0.2, -0.15) is 0 Å². The van der Waals surface area contributed by atoms with Crippen molar-refractivity contribution in [3.05, 3.63) is 24.0 Å². The minimum Gasteiger partial charge on any atom is -0.488 e. The Morgan fingerprint density at radius 3 is 2.57 bits per heavy atom. The van der Waals surface area contributed by atoms with Gasteiger partial charge in [0.25, 0.3) is 0 Å². The summed E-state index contributed by atoms with van der Waals surface area (Å²) in [7, 11) is 1.95. The highest BCUT2D eigenvalue weighted by molar-refractivity contribution is 5.23. The van der Waals surface area contributed by atoms with E-state index in [1.807, 2.05) is 13.2 Å². The van der Waals surface area contributed by atoms with E-state index in [4.69, 9.17) is 4.74 Å². The topological polar surface area (TPSA) is 34.1 Å². The summed E-state index contributed by atoms with van der Waals surface area (Å²) in [5, 5.41) is 3.21. The molecule has 1 aromatic rings. The molecule has 4 atom stereocenters. The van der Waals surface area contributed by atoms with E-state index >= 15 is 0 Å². The van der Waals surface area contributed by atoms with Crippen LogP contribution in [0.2, 0.25) is 0 Å². The summed E-state index contributed by atoms with van der Waals surface area (Å²) in [6, 6.07) is 4.41. The third-order valence-corrected chi connectivity index (χ3v) is 6.63. The lowest BCUT2D eigenvalue weighted by atomic mass is 9.70. The first-order valence-corrected chi connectivity index (χ1v) is 8.18. The summed E-state index contributed by atoms with van der Waals surface area (Å²) in [6.45, 7) is 9.37. The molecule has 116 valence electrons. The van der Waals surface area contributed by atoms with Gasteiger partial charge in [-0.05, 0) is 56.7 Å². The summed E-state index contributed by atoms with van der Waals surface area (Å²) in [5.74, 6) is 1.72. The molecule has 2 fully saturated rings. The molecule has 0 radical (unpaired) electrons. The fraction of sp³-hybridized carbons (Fsp3) is 0.722. The second-order valence-corrected chi connectivity index (χ2v) is 7.65. The van der Waals surface area contributed by atoms with Gasteiger partial charge in [0.15, 0.2) is 0 Å². The van der Waals surface area contributed by atoms with Crippen LogP contribution < -0.4 is 10.1 Å². The second kappa shape index (κ2) is 4.98. The zero-order valence-corrected chi connectivity index (χ0v) is 13.9. The number of ether oxygens (including phenoxy) is 1. The standard InChI is InChI=1S/C18H28N2O/c1-12(19-5)15-7-6-14(11-20-15)21-16-10-13-8-9-18(16,4)17(13,2)3/h6-7,11-13,16,19H,8-10H2,1-5H3. The Balaban J connectivity index is 1.74. The van der Waals surface area contributed by atoms with Crippen molar-refractivity contribution in [2.75, 3.05) is 7.05 Å². The molecule has 1 aromatic heterocycles. The molecule has 2 aliphatic rings. The maximum atomic E-state index is 6.33. The molecule has 0 aromatic carbocycles. The van der Waals surface area contributed by atoms with Crippen LogP contribution in [0.4, 0.5) is 0 Å². The summed E-state index contributed by atoms with van der Waals surface area (Å²) in [4.78, 5) is 4.53. The molecule has 2 aliphatic carbocycles. The normalized spacial score (nSPS) is 34.9. The van der Waals surface area contributed by atoms with E-state index in [1.54, 1.807) is 0 Å². The summed E-state index contributed by atoms with van der Waals surface area (Å²) in [5.41, 5.74) is 1.75. The van der Waals surface area contributed by atoms with Gasteiger partial charge in [0.2, 0.25) is 0 Å². The maximum absolute atomic E-state index is 6.33. The predicted octanol–water partition coefficient (Wildman–Crippen LogP) is 3.96. The number of nitrogens with one attached hydrogen (secondary N) is 1. The first-order valence-electron chi connectivity index (χ1n) is 8.18. The van der Waals surface area contributed by atoms with E-state index in [0.29, 0.717) is 16.9 Å². The summed E-state index contributed by atoms with van der Waals surface area (Å²) >= 11 is 0. The minimum atomic E-state index is 0.276. The smallest absolute Gasteiger partial charge is 0.138 e. The van der Waals surface area contributed by atoms with Gasteiger partial charge in [-0.15, -0.1) is 0 Å². The molecule has 1 heterocycles. The fourth-order valence-electron chi connectivity index (χ4n) is 4.34. The van der Waals surface area contributed by atoms with Crippen LogP contribution in [0.3, 0.4) is 0 Å². The van der Waals surface area contributed by atoms with Crippen LogP contribution in [-0.4, -0.2) is 18.1 Å². The van der Waals surface area contributed by atoms with E-state index in [1.165, 1.54) is 19.3 Å². The van der Waals surface area contributed by atoms with Crippen LogP contribution in [-0.2, 0) is 0 Å². The van der Waals surface area contributed by atoms with Crippen molar-refractivity contribution in [2.45, 2.75) is 59.1 Å². The Kier molecular flexibility index (Phi) is 3.52. The second-order valence-electron chi connectivity index (χ2n) is 7.65. The number of hydrogen-bond donors (Lipinski definition) is 1. The van der Waals surface area contributed by atoms with Crippen LogP contribution in [0.1, 0.15) is 58.7 Å². The minimum absolute atomic E-state index is 0.276. The number of rotatable bonds is 4.